The van der Waals surface area contributed by atoms with Crippen molar-refractivity contribution in [3.63, 3.8) is 0 Å². The summed E-state index contributed by atoms with van der Waals surface area (Å²) in [5, 5.41) is 14.4. The number of nitrogens with one attached hydrogen (secondary N) is 1. The van der Waals surface area contributed by atoms with Crippen LogP contribution < -0.4 is 0 Å². The number of amidine groups is 1. The zero-order valence-electron chi connectivity index (χ0n) is 46.9. The third-order valence-electron chi connectivity index (χ3n) is 17.2. The number of aromatic nitrogens is 2. The van der Waals surface area contributed by atoms with Gasteiger partial charge in [0.2, 0.25) is 5.96 Å². The zero-order chi connectivity index (χ0) is 56.5. The lowest BCUT2D eigenvalue weighted by Gasteiger charge is -2.21. The summed E-state index contributed by atoms with van der Waals surface area (Å²) in [5.74, 6) is 0.531. The van der Waals surface area contributed by atoms with Crippen LogP contribution in [0.3, 0.4) is 0 Å². The molecule has 0 spiro atoms. The molecule has 5 heteroatoms. The molecule has 0 atom stereocenters. The average Bonchev–Trinajstić information content (AvgIpc) is 1.97. The summed E-state index contributed by atoms with van der Waals surface area (Å²) in [7, 11) is 0. The molecular formula is C79H57N5. The molecule has 1 aliphatic rings. The van der Waals surface area contributed by atoms with Gasteiger partial charge in [0.05, 0.1) is 22.1 Å². The molecule has 398 valence electrons. The van der Waals surface area contributed by atoms with Gasteiger partial charge in [-0.1, -0.05) is 226 Å². The first-order valence-electron chi connectivity index (χ1n) is 28.8. The summed E-state index contributed by atoms with van der Waals surface area (Å²) in [6, 6.07) is 102. The van der Waals surface area contributed by atoms with Crippen molar-refractivity contribution < 1.29 is 0 Å². The Morgan fingerprint density at radius 3 is 1.44 bits per heavy atom. The molecule has 0 saturated heterocycles. The molecular weight excluding hydrogens is 1020 g/mol. The van der Waals surface area contributed by atoms with Gasteiger partial charge < -0.3 is 4.57 Å². The lowest BCUT2D eigenvalue weighted by atomic mass is 9.82. The molecule has 15 rings (SSSR count). The highest BCUT2D eigenvalue weighted by Crippen LogP contribution is 2.51. The number of fused-ring (bicyclic) bond motifs is 9. The molecule has 1 aliphatic carbocycles. The Morgan fingerprint density at radius 1 is 0.333 bits per heavy atom. The fourth-order valence-electron chi connectivity index (χ4n) is 12.9. The Morgan fingerprint density at radius 2 is 0.810 bits per heavy atom. The monoisotopic (exact) mass is 1080 g/mol. The van der Waals surface area contributed by atoms with Crippen molar-refractivity contribution in [2.45, 2.75) is 26.2 Å². The van der Waals surface area contributed by atoms with Gasteiger partial charge in [0.25, 0.3) is 0 Å². The minimum atomic E-state index is -0.272. The molecule has 0 fully saturated rings. The maximum absolute atomic E-state index is 9.86. The second kappa shape index (κ2) is 20.4. The fourth-order valence-corrected chi connectivity index (χ4v) is 12.9. The Balaban J connectivity index is 0.935. The average molecular weight is 1080 g/mol. The van der Waals surface area contributed by atoms with Crippen LogP contribution in [0.2, 0.25) is 0 Å². The molecule has 0 radical (unpaired) electrons. The Kier molecular flexibility index (Phi) is 12.2. The highest BCUT2D eigenvalue weighted by molar-refractivity contribution is 6.21. The van der Waals surface area contributed by atoms with Crippen molar-refractivity contribution in [1.82, 2.24) is 9.13 Å². The zero-order valence-corrected chi connectivity index (χ0v) is 46.9. The van der Waals surface area contributed by atoms with Crippen molar-refractivity contribution in [3.8, 4) is 72.4 Å². The number of rotatable bonds is 8. The van der Waals surface area contributed by atoms with Gasteiger partial charge >= 0.3 is 0 Å². The van der Waals surface area contributed by atoms with E-state index in [-0.39, 0.29) is 11.3 Å². The number of hydrogen-bond acceptors (Lipinski definition) is 1. The van der Waals surface area contributed by atoms with E-state index >= 15 is 0 Å². The van der Waals surface area contributed by atoms with E-state index in [4.69, 9.17) is 9.98 Å². The van der Waals surface area contributed by atoms with E-state index < -0.39 is 0 Å². The van der Waals surface area contributed by atoms with Crippen molar-refractivity contribution in [3.05, 3.63) is 307 Å². The normalized spacial score (nSPS) is 13.0. The second-order valence-electron chi connectivity index (χ2n) is 22.6. The Hall–Kier alpha value is -10.8. The second-order valence-corrected chi connectivity index (χ2v) is 22.6. The van der Waals surface area contributed by atoms with Crippen LogP contribution in [-0.4, -0.2) is 26.6 Å². The molecule has 2 aromatic heterocycles. The lowest BCUT2D eigenvalue weighted by Crippen LogP contribution is -2.17. The first-order chi connectivity index (χ1) is 41.2. The molecule has 14 aromatic rings. The highest BCUT2D eigenvalue weighted by Gasteiger charge is 2.36. The van der Waals surface area contributed by atoms with E-state index in [0.717, 1.165) is 83.2 Å². The summed E-state index contributed by atoms with van der Waals surface area (Å²) in [6.07, 6.45) is 0. The topological polar surface area (TPSA) is 58.4 Å². The van der Waals surface area contributed by atoms with E-state index in [1.54, 1.807) is 0 Å². The van der Waals surface area contributed by atoms with E-state index in [1.807, 2.05) is 36.4 Å². The standard InChI is InChI=1S/C79H57N5/c1-51(56-30-20-31-57(42-56)52-22-8-4-9-23-52)81-78(82-77(80)61-33-21-32-58(43-61)53-24-10-5-11-25-53)84-75-41-39-60(48-69(75)70-49-67-65-34-16-18-36-71(65)79(2,3)72(67)50-76(70)84)59-38-40-74-68(47-59)66-35-17-19-37-73(66)83(74)64-45-62(54-26-12-6-13-27-54)44-63(46-64)55-28-14-7-15-29-55/h4-50,80H,1-3H3. The number of hydrogen-bond donors (Lipinski definition) is 1. The fraction of sp³-hybridized carbons (Fsp3) is 0.0506. The van der Waals surface area contributed by atoms with Crippen LogP contribution in [0.25, 0.3) is 116 Å². The molecule has 5 nitrogen and oxygen atoms in total. The summed E-state index contributed by atoms with van der Waals surface area (Å²) in [4.78, 5) is 10.9. The van der Waals surface area contributed by atoms with Crippen molar-refractivity contribution in [1.29, 1.82) is 5.41 Å². The lowest BCUT2D eigenvalue weighted by molar-refractivity contribution is 0.661. The number of para-hydroxylation sites is 1. The SMILES string of the molecule is CC(=NC(=NC(=N)c1cccc(-c2ccccc2)c1)n1c2ccc(-c3ccc4c(c3)c3ccccc3n4-c3cc(-c4ccccc4)cc(-c4ccccc4)c3)cc2c2cc3c(cc21)C(C)(C)c1ccccc1-3)c1cccc(-c2ccccc2)c1. The highest BCUT2D eigenvalue weighted by atomic mass is 15.2. The van der Waals surface area contributed by atoms with Gasteiger partial charge in [-0.05, 0) is 163 Å². The van der Waals surface area contributed by atoms with Gasteiger partial charge in [-0.2, -0.15) is 4.99 Å². The van der Waals surface area contributed by atoms with Crippen molar-refractivity contribution in [2.24, 2.45) is 9.98 Å². The van der Waals surface area contributed by atoms with Gasteiger partial charge in [-0.15, -0.1) is 0 Å². The van der Waals surface area contributed by atoms with Gasteiger partial charge in [0, 0.05) is 43.9 Å². The smallest absolute Gasteiger partial charge is 0.236 e. The van der Waals surface area contributed by atoms with Crippen molar-refractivity contribution in [2.75, 3.05) is 0 Å². The maximum Gasteiger partial charge on any atom is 0.236 e. The van der Waals surface area contributed by atoms with Crippen LogP contribution in [-0.2, 0) is 5.41 Å². The molecule has 0 unspecified atom stereocenters. The largest absolute Gasteiger partial charge is 0.309 e. The molecule has 0 bridgehead atoms. The Bertz CT molecular complexity index is 4930. The molecule has 0 saturated carbocycles. The molecule has 1 N–H and O–H groups in total. The molecule has 2 heterocycles. The van der Waals surface area contributed by atoms with E-state index in [1.165, 1.54) is 55.3 Å². The van der Waals surface area contributed by atoms with E-state index in [0.29, 0.717) is 11.5 Å². The van der Waals surface area contributed by atoms with Gasteiger partial charge in [-0.3, -0.25) is 9.98 Å². The van der Waals surface area contributed by atoms with E-state index in [2.05, 4.69) is 279 Å². The number of aliphatic imine (C=N–C) groups is 2. The van der Waals surface area contributed by atoms with Gasteiger partial charge in [0.1, 0.15) is 0 Å². The third kappa shape index (κ3) is 8.68. The molecule has 12 aromatic carbocycles. The van der Waals surface area contributed by atoms with E-state index in [9.17, 15) is 5.41 Å². The van der Waals surface area contributed by atoms with Crippen LogP contribution in [0, 0.1) is 5.41 Å². The molecule has 84 heavy (non-hydrogen) atoms. The van der Waals surface area contributed by atoms with Crippen LogP contribution in [0.5, 0.6) is 0 Å². The van der Waals surface area contributed by atoms with Crippen LogP contribution in [0.1, 0.15) is 43.0 Å². The first-order valence-corrected chi connectivity index (χ1v) is 28.8. The third-order valence-corrected chi connectivity index (χ3v) is 17.2. The van der Waals surface area contributed by atoms with Gasteiger partial charge in [-0.25, -0.2) is 4.99 Å². The molecule has 0 amide bonds. The van der Waals surface area contributed by atoms with Gasteiger partial charge in [0.15, 0.2) is 5.84 Å². The number of nitrogens with zero attached hydrogens (tertiary/aromatic N) is 4. The minimum Gasteiger partial charge on any atom is -0.309 e. The predicted octanol–water partition coefficient (Wildman–Crippen LogP) is 20.3. The quantitative estimate of drug-likeness (QED) is 0.116. The predicted molar refractivity (Wildman–Crippen MR) is 353 cm³/mol. The molecule has 0 aliphatic heterocycles. The summed E-state index contributed by atoms with van der Waals surface area (Å²) < 4.78 is 4.64. The minimum absolute atomic E-state index is 0.119. The van der Waals surface area contributed by atoms with Crippen LogP contribution >= 0.6 is 0 Å². The first kappa shape index (κ1) is 50.2. The summed E-state index contributed by atoms with van der Waals surface area (Å²) >= 11 is 0. The maximum atomic E-state index is 9.86. The van der Waals surface area contributed by atoms with Crippen LogP contribution in [0.15, 0.2) is 295 Å². The van der Waals surface area contributed by atoms with Crippen LogP contribution in [0.4, 0.5) is 0 Å². The van der Waals surface area contributed by atoms with Crippen molar-refractivity contribution >= 4 is 61.1 Å². The number of benzene rings is 12. The summed E-state index contributed by atoms with van der Waals surface area (Å²) in [5.41, 5.74) is 23.8. The Labute approximate surface area is 489 Å². The summed E-state index contributed by atoms with van der Waals surface area (Å²) in [6.45, 7) is 6.71.